The highest BCUT2D eigenvalue weighted by Gasteiger charge is 2.24. The summed E-state index contributed by atoms with van der Waals surface area (Å²) in [4.78, 5) is 22.0. The van der Waals surface area contributed by atoms with Gasteiger partial charge in [-0.3, -0.25) is 4.79 Å². The molecule has 0 aliphatic carbocycles. The number of benzene rings is 1. The lowest BCUT2D eigenvalue weighted by Crippen LogP contribution is -2.34. The maximum atomic E-state index is 12.3. The number of carbonyl (C=O) groups excluding carboxylic acids is 1. The third-order valence-electron chi connectivity index (χ3n) is 3.76. The van der Waals surface area contributed by atoms with Crippen molar-refractivity contribution in [3.05, 3.63) is 34.9 Å². The van der Waals surface area contributed by atoms with Gasteiger partial charge in [0.15, 0.2) is 5.16 Å². The Morgan fingerprint density at radius 1 is 1.32 bits per heavy atom. The summed E-state index contributed by atoms with van der Waals surface area (Å²) in [5.74, 6) is 0.212. The fourth-order valence-corrected chi connectivity index (χ4v) is 3.68. The SMILES string of the molecule is C[C@@H](Sc1ncc(-c2ccc(Br)cc2)[nH]1)C(=O)N1CCCC1. The number of thioether (sulfide) groups is 1. The molecule has 1 fully saturated rings. The molecule has 116 valence electrons. The van der Waals surface area contributed by atoms with Gasteiger partial charge in [-0.15, -0.1) is 0 Å². The number of hydrogen-bond acceptors (Lipinski definition) is 3. The number of halogens is 1. The molecule has 3 rings (SSSR count). The van der Waals surface area contributed by atoms with E-state index in [0.29, 0.717) is 0 Å². The molecule has 0 saturated carbocycles. The second-order valence-corrected chi connectivity index (χ2v) is 7.65. The van der Waals surface area contributed by atoms with Crippen LogP contribution in [0.1, 0.15) is 19.8 Å². The van der Waals surface area contributed by atoms with E-state index in [0.717, 1.165) is 46.8 Å². The van der Waals surface area contributed by atoms with Crippen molar-refractivity contribution in [2.45, 2.75) is 30.2 Å². The number of nitrogens with zero attached hydrogens (tertiary/aromatic N) is 2. The van der Waals surface area contributed by atoms with E-state index < -0.39 is 0 Å². The Morgan fingerprint density at radius 2 is 2.00 bits per heavy atom. The molecule has 2 aromatic rings. The average Bonchev–Trinajstić information content (AvgIpc) is 3.18. The molecule has 0 radical (unpaired) electrons. The molecule has 0 bridgehead atoms. The van der Waals surface area contributed by atoms with Crippen molar-refractivity contribution in [1.29, 1.82) is 0 Å². The van der Waals surface area contributed by atoms with E-state index in [1.807, 2.05) is 42.3 Å². The molecule has 1 aliphatic rings. The summed E-state index contributed by atoms with van der Waals surface area (Å²) in [7, 11) is 0. The number of likely N-dealkylation sites (tertiary alicyclic amines) is 1. The smallest absolute Gasteiger partial charge is 0.235 e. The van der Waals surface area contributed by atoms with Gasteiger partial charge in [-0.25, -0.2) is 4.98 Å². The number of carbonyl (C=O) groups is 1. The summed E-state index contributed by atoms with van der Waals surface area (Å²) < 4.78 is 1.05. The number of H-pyrrole nitrogens is 1. The fourth-order valence-electron chi connectivity index (χ4n) is 2.55. The number of nitrogens with one attached hydrogen (secondary N) is 1. The van der Waals surface area contributed by atoms with Crippen LogP contribution in [0.2, 0.25) is 0 Å². The van der Waals surface area contributed by atoms with E-state index in [4.69, 9.17) is 0 Å². The van der Waals surface area contributed by atoms with Gasteiger partial charge in [0.2, 0.25) is 5.91 Å². The topological polar surface area (TPSA) is 49.0 Å². The quantitative estimate of drug-likeness (QED) is 0.818. The minimum Gasteiger partial charge on any atom is -0.342 e. The fraction of sp³-hybridized carbons (Fsp3) is 0.375. The van der Waals surface area contributed by atoms with E-state index in [-0.39, 0.29) is 11.2 Å². The van der Waals surface area contributed by atoms with Crippen LogP contribution in [0.15, 0.2) is 40.1 Å². The molecule has 1 atom stereocenters. The van der Waals surface area contributed by atoms with Crippen molar-refractivity contribution in [3.63, 3.8) is 0 Å². The highest BCUT2D eigenvalue weighted by Crippen LogP contribution is 2.26. The van der Waals surface area contributed by atoms with Gasteiger partial charge in [-0.2, -0.15) is 0 Å². The number of aromatic nitrogens is 2. The second-order valence-electron chi connectivity index (χ2n) is 5.40. The van der Waals surface area contributed by atoms with Crippen molar-refractivity contribution >= 4 is 33.6 Å². The predicted octanol–water partition coefficient (Wildman–Crippen LogP) is 3.94. The molecule has 1 amide bonds. The first-order valence-electron chi connectivity index (χ1n) is 7.40. The summed E-state index contributed by atoms with van der Waals surface area (Å²) in [5, 5.41) is 0.681. The van der Waals surface area contributed by atoms with Crippen LogP contribution in [0.25, 0.3) is 11.3 Å². The maximum Gasteiger partial charge on any atom is 0.235 e. The van der Waals surface area contributed by atoms with Crippen LogP contribution in [0.3, 0.4) is 0 Å². The van der Waals surface area contributed by atoms with Gasteiger partial charge in [-0.1, -0.05) is 39.8 Å². The van der Waals surface area contributed by atoms with E-state index >= 15 is 0 Å². The maximum absolute atomic E-state index is 12.3. The van der Waals surface area contributed by atoms with Crippen molar-refractivity contribution < 1.29 is 4.79 Å². The minimum atomic E-state index is -0.109. The Hall–Kier alpha value is -1.27. The Balaban J connectivity index is 1.66. The highest BCUT2D eigenvalue weighted by atomic mass is 79.9. The standard InChI is InChI=1S/C16H18BrN3OS/c1-11(15(21)20-8-2-3-9-20)22-16-18-10-14(19-16)12-4-6-13(17)7-5-12/h4-7,10-11H,2-3,8-9H2,1H3,(H,18,19)/t11-/m1/s1. The largest absolute Gasteiger partial charge is 0.342 e. The summed E-state index contributed by atoms with van der Waals surface area (Å²) in [5.41, 5.74) is 2.05. The molecule has 0 spiro atoms. The molecular weight excluding hydrogens is 362 g/mol. The zero-order valence-corrected chi connectivity index (χ0v) is 14.8. The average molecular weight is 380 g/mol. The molecule has 0 unspecified atom stereocenters. The van der Waals surface area contributed by atoms with Gasteiger partial charge < -0.3 is 9.88 Å². The van der Waals surface area contributed by atoms with Gasteiger partial charge in [-0.05, 0) is 37.5 Å². The van der Waals surface area contributed by atoms with Crippen LogP contribution in [0.4, 0.5) is 0 Å². The van der Waals surface area contributed by atoms with Crippen LogP contribution < -0.4 is 0 Å². The summed E-state index contributed by atoms with van der Waals surface area (Å²) >= 11 is 4.92. The first-order chi connectivity index (χ1) is 10.6. The van der Waals surface area contributed by atoms with Gasteiger partial charge in [0, 0.05) is 17.6 Å². The molecule has 1 aromatic heterocycles. The van der Waals surface area contributed by atoms with Crippen LogP contribution in [0.5, 0.6) is 0 Å². The molecule has 22 heavy (non-hydrogen) atoms. The van der Waals surface area contributed by atoms with E-state index in [2.05, 4.69) is 25.9 Å². The van der Waals surface area contributed by atoms with Crippen LogP contribution in [0, 0.1) is 0 Å². The molecule has 6 heteroatoms. The monoisotopic (exact) mass is 379 g/mol. The predicted molar refractivity (Wildman–Crippen MR) is 92.9 cm³/mol. The summed E-state index contributed by atoms with van der Waals surface area (Å²) in [6.45, 7) is 3.74. The number of aromatic amines is 1. The minimum absolute atomic E-state index is 0.109. The number of hydrogen-bond donors (Lipinski definition) is 1. The third kappa shape index (κ3) is 3.55. The molecular formula is C16H18BrN3OS. The van der Waals surface area contributed by atoms with Crippen LogP contribution in [-0.4, -0.2) is 39.1 Å². The number of imidazole rings is 1. The summed E-state index contributed by atoms with van der Waals surface area (Å²) in [6, 6.07) is 8.07. The third-order valence-corrected chi connectivity index (χ3v) is 5.28. The number of amides is 1. The number of rotatable bonds is 4. The Morgan fingerprint density at radius 3 is 2.68 bits per heavy atom. The Kier molecular flexibility index (Phi) is 4.88. The van der Waals surface area contributed by atoms with E-state index in [1.165, 1.54) is 11.8 Å². The lowest BCUT2D eigenvalue weighted by Gasteiger charge is -2.19. The van der Waals surface area contributed by atoms with Crippen LogP contribution >= 0.6 is 27.7 Å². The van der Waals surface area contributed by atoms with Gasteiger partial charge in [0.25, 0.3) is 0 Å². The lowest BCUT2D eigenvalue weighted by molar-refractivity contribution is -0.129. The first-order valence-corrected chi connectivity index (χ1v) is 9.07. The normalized spacial score (nSPS) is 16.0. The first kappa shape index (κ1) is 15.6. The second kappa shape index (κ2) is 6.87. The van der Waals surface area contributed by atoms with Crippen molar-refractivity contribution in [3.8, 4) is 11.3 Å². The Labute approximate surface area is 142 Å². The Bertz CT molecular complexity index is 650. The lowest BCUT2D eigenvalue weighted by atomic mass is 10.2. The zero-order chi connectivity index (χ0) is 15.5. The van der Waals surface area contributed by atoms with E-state index in [9.17, 15) is 4.79 Å². The van der Waals surface area contributed by atoms with Crippen LogP contribution in [-0.2, 0) is 4.79 Å². The molecule has 4 nitrogen and oxygen atoms in total. The van der Waals surface area contributed by atoms with Crippen molar-refractivity contribution in [1.82, 2.24) is 14.9 Å². The molecule has 1 saturated heterocycles. The molecule has 1 N–H and O–H groups in total. The molecule has 2 heterocycles. The summed E-state index contributed by atoms with van der Waals surface area (Å²) in [6.07, 6.45) is 4.06. The van der Waals surface area contributed by atoms with Crippen molar-refractivity contribution in [2.75, 3.05) is 13.1 Å². The molecule has 1 aliphatic heterocycles. The van der Waals surface area contributed by atoms with Gasteiger partial charge >= 0.3 is 0 Å². The zero-order valence-electron chi connectivity index (χ0n) is 12.4. The van der Waals surface area contributed by atoms with E-state index in [1.54, 1.807) is 0 Å². The van der Waals surface area contributed by atoms with Gasteiger partial charge in [0.1, 0.15) is 0 Å². The van der Waals surface area contributed by atoms with Gasteiger partial charge in [0.05, 0.1) is 17.1 Å². The molecule has 1 aromatic carbocycles. The van der Waals surface area contributed by atoms with Crippen molar-refractivity contribution in [2.24, 2.45) is 0 Å². The highest BCUT2D eigenvalue weighted by molar-refractivity contribution is 9.10.